The number of carbonyl (C=O) groups excluding carboxylic acids is 1. The summed E-state index contributed by atoms with van der Waals surface area (Å²) in [5, 5.41) is 4.50. The lowest BCUT2D eigenvalue weighted by Gasteiger charge is -2.34. The summed E-state index contributed by atoms with van der Waals surface area (Å²) in [5.41, 5.74) is 0.474. The van der Waals surface area contributed by atoms with Crippen LogP contribution in [0.2, 0.25) is 0 Å². The van der Waals surface area contributed by atoms with Crippen molar-refractivity contribution in [2.24, 2.45) is 0 Å². The van der Waals surface area contributed by atoms with E-state index < -0.39 is 0 Å². The van der Waals surface area contributed by atoms with Crippen LogP contribution in [-0.2, 0) is 12.0 Å². The molecule has 2 aromatic heterocycles. The normalized spacial score (nSPS) is 15.6. The van der Waals surface area contributed by atoms with E-state index in [1.807, 2.05) is 0 Å². The van der Waals surface area contributed by atoms with E-state index in [9.17, 15) is 14.4 Å². The van der Waals surface area contributed by atoms with Crippen LogP contribution >= 0.6 is 0 Å². The molecule has 0 bridgehead atoms. The SMILES string of the molecule is CC(C)(C)c1ccc(=O)n(CCN2CCN(C(=O)c3ccc[nH]c3=O)CC2)n1. The van der Waals surface area contributed by atoms with Gasteiger partial charge in [-0.3, -0.25) is 19.3 Å². The Kier molecular flexibility index (Phi) is 5.79. The quantitative estimate of drug-likeness (QED) is 0.836. The summed E-state index contributed by atoms with van der Waals surface area (Å²) in [6.07, 6.45) is 1.52. The number of aromatic nitrogens is 3. The second-order valence-corrected chi connectivity index (χ2v) is 8.08. The summed E-state index contributed by atoms with van der Waals surface area (Å²) >= 11 is 0. The third-order valence-corrected chi connectivity index (χ3v) is 4.97. The van der Waals surface area contributed by atoms with Crippen LogP contribution < -0.4 is 11.1 Å². The largest absolute Gasteiger partial charge is 0.336 e. The molecule has 1 saturated heterocycles. The summed E-state index contributed by atoms with van der Waals surface area (Å²) < 4.78 is 1.52. The van der Waals surface area contributed by atoms with Crippen LogP contribution in [0.5, 0.6) is 0 Å². The minimum Gasteiger partial charge on any atom is -0.336 e. The molecule has 28 heavy (non-hydrogen) atoms. The van der Waals surface area contributed by atoms with Crippen LogP contribution in [0, 0.1) is 0 Å². The van der Waals surface area contributed by atoms with E-state index in [-0.39, 0.29) is 28.0 Å². The van der Waals surface area contributed by atoms with Crippen molar-refractivity contribution in [2.75, 3.05) is 32.7 Å². The Balaban J connectivity index is 1.57. The molecule has 8 nitrogen and oxygen atoms in total. The Bertz CT molecular complexity index is 949. The van der Waals surface area contributed by atoms with Gasteiger partial charge in [-0.05, 0) is 18.2 Å². The van der Waals surface area contributed by atoms with Gasteiger partial charge in [0.25, 0.3) is 17.0 Å². The zero-order chi connectivity index (χ0) is 20.3. The highest BCUT2D eigenvalue weighted by molar-refractivity contribution is 5.93. The number of hydrogen-bond donors (Lipinski definition) is 1. The maximum absolute atomic E-state index is 12.5. The van der Waals surface area contributed by atoms with Gasteiger partial charge in [-0.15, -0.1) is 0 Å². The molecule has 0 unspecified atom stereocenters. The number of hydrogen-bond acceptors (Lipinski definition) is 5. The summed E-state index contributed by atoms with van der Waals surface area (Å²) in [4.78, 5) is 42.9. The number of nitrogens with zero attached hydrogens (tertiary/aromatic N) is 4. The highest BCUT2D eigenvalue weighted by Gasteiger charge is 2.24. The molecule has 0 aliphatic carbocycles. The molecule has 2 aromatic rings. The van der Waals surface area contributed by atoms with Crippen LogP contribution in [0.25, 0.3) is 0 Å². The fourth-order valence-corrected chi connectivity index (χ4v) is 3.18. The summed E-state index contributed by atoms with van der Waals surface area (Å²) in [7, 11) is 0. The third kappa shape index (κ3) is 4.56. The molecule has 1 N–H and O–H groups in total. The van der Waals surface area contributed by atoms with E-state index in [4.69, 9.17) is 0 Å². The third-order valence-electron chi connectivity index (χ3n) is 4.97. The van der Waals surface area contributed by atoms with Gasteiger partial charge in [0.15, 0.2) is 0 Å². The molecule has 8 heteroatoms. The van der Waals surface area contributed by atoms with E-state index in [2.05, 4.69) is 35.8 Å². The standard InChI is InChI=1S/C20H27N5O3/c1-20(2,3)16-6-7-17(26)25(22-16)14-11-23-9-12-24(13-10-23)19(28)15-5-4-8-21-18(15)27/h4-8H,9-14H2,1-3H3,(H,21,27). The van der Waals surface area contributed by atoms with Crippen molar-refractivity contribution in [3.63, 3.8) is 0 Å². The predicted octanol–water partition coefficient (Wildman–Crippen LogP) is 0.687. The number of nitrogens with one attached hydrogen (secondary N) is 1. The molecule has 150 valence electrons. The first-order valence-electron chi connectivity index (χ1n) is 9.54. The number of H-pyrrole nitrogens is 1. The molecule has 0 atom stereocenters. The van der Waals surface area contributed by atoms with Crippen molar-refractivity contribution in [1.29, 1.82) is 0 Å². The number of pyridine rings is 1. The van der Waals surface area contributed by atoms with Crippen molar-refractivity contribution >= 4 is 5.91 Å². The molecular formula is C20H27N5O3. The number of rotatable bonds is 4. The molecule has 1 fully saturated rings. The fourth-order valence-electron chi connectivity index (χ4n) is 3.18. The van der Waals surface area contributed by atoms with Crippen molar-refractivity contribution in [3.05, 3.63) is 62.4 Å². The van der Waals surface area contributed by atoms with Gasteiger partial charge in [0.2, 0.25) is 0 Å². The van der Waals surface area contributed by atoms with E-state index in [1.165, 1.54) is 10.9 Å². The minimum atomic E-state index is -0.362. The molecule has 0 radical (unpaired) electrons. The van der Waals surface area contributed by atoms with Crippen LogP contribution in [0.3, 0.4) is 0 Å². The maximum atomic E-state index is 12.5. The molecule has 0 aromatic carbocycles. The Morgan fingerprint density at radius 2 is 1.79 bits per heavy atom. The highest BCUT2D eigenvalue weighted by atomic mass is 16.2. The second kappa shape index (κ2) is 8.10. The predicted molar refractivity (Wildman–Crippen MR) is 107 cm³/mol. The lowest BCUT2D eigenvalue weighted by molar-refractivity contribution is 0.0629. The van der Waals surface area contributed by atoms with Gasteiger partial charge in [-0.25, -0.2) is 4.68 Å². The van der Waals surface area contributed by atoms with Gasteiger partial charge in [-0.1, -0.05) is 20.8 Å². The zero-order valence-corrected chi connectivity index (χ0v) is 16.6. The smallest absolute Gasteiger partial charge is 0.266 e. The molecule has 1 aliphatic rings. The van der Waals surface area contributed by atoms with Crippen molar-refractivity contribution in [3.8, 4) is 0 Å². The highest BCUT2D eigenvalue weighted by Crippen LogP contribution is 2.18. The number of amides is 1. The van der Waals surface area contributed by atoms with Gasteiger partial charge in [0.05, 0.1) is 12.2 Å². The number of carbonyl (C=O) groups is 1. The Labute approximate surface area is 163 Å². The first kappa shape index (κ1) is 20.0. The fraction of sp³-hybridized carbons (Fsp3) is 0.500. The number of piperazine rings is 1. The second-order valence-electron chi connectivity index (χ2n) is 8.08. The average Bonchev–Trinajstić information content (AvgIpc) is 2.67. The van der Waals surface area contributed by atoms with E-state index >= 15 is 0 Å². The van der Waals surface area contributed by atoms with E-state index in [0.29, 0.717) is 39.3 Å². The summed E-state index contributed by atoms with van der Waals surface area (Å²) in [5.74, 6) is -0.239. The molecule has 0 spiro atoms. The van der Waals surface area contributed by atoms with Crippen molar-refractivity contribution in [1.82, 2.24) is 24.6 Å². The molecule has 3 heterocycles. The topological polar surface area (TPSA) is 91.3 Å². The Morgan fingerprint density at radius 1 is 1.07 bits per heavy atom. The van der Waals surface area contributed by atoms with E-state index in [1.54, 1.807) is 29.2 Å². The van der Waals surface area contributed by atoms with Crippen LogP contribution in [0.1, 0.15) is 36.8 Å². The zero-order valence-electron chi connectivity index (χ0n) is 16.6. The molecule has 0 saturated carbocycles. The number of aromatic amines is 1. The average molecular weight is 385 g/mol. The first-order valence-corrected chi connectivity index (χ1v) is 9.54. The van der Waals surface area contributed by atoms with Crippen LogP contribution in [-0.4, -0.2) is 63.2 Å². The molecule has 1 aliphatic heterocycles. The first-order chi connectivity index (χ1) is 13.3. The Morgan fingerprint density at radius 3 is 2.43 bits per heavy atom. The summed E-state index contributed by atoms with van der Waals surface area (Å²) in [6.45, 7) is 9.90. The van der Waals surface area contributed by atoms with Gasteiger partial charge >= 0.3 is 0 Å². The lowest BCUT2D eigenvalue weighted by Crippen LogP contribution is -2.50. The van der Waals surface area contributed by atoms with Crippen LogP contribution in [0.4, 0.5) is 0 Å². The van der Waals surface area contributed by atoms with Crippen molar-refractivity contribution < 1.29 is 4.79 Å². The lowest BCUT2D eigenvalue weighted by atomic mass is 9.92. The monoisotopic (exact) mass is 385 g/mol. The minimum absolute atomic E-state index is 0.106. The molecule has 3 rings (SSSR count). The molecular weight excluding hydrogens is 358 g/mol. The maximum Gasteiger partial charge on any atom is 0.266 e. The van der Waals surface area contributed by atoms with Gasteiger partial charge in [0, 0.05) is 50.4 Å². The van der Waals surface area contributed by atoms with Crippen molar-refractivity contribution in [2.45, 2.75) is 32.7 Å². The molecule has 1 amide bonds. The van der Waals surface area contributed by atoms with Gasteiger partial charge in [0.1, 0.15) is 5.56 Å². The van der Waals surface area contributed by atoms with Gasteiger partial charge in [-0.2, -0.15) is 5.10 Å². The Hall–Kier alpha value is -2.74. The van der Waals surface area contributed by atoms with E-state index in [0.717, 1.165) is 5.69 Å². The summed E-state index contributed by atoms with van der Waals surface area (Å²) in [6, 6.07) is 6.56. The van der Waals surface area contributed by atoms with Gasteiger partial charge < -0.3 is 9.88 Å². The van der Waals surface area contributed by atoms with Crippen LogP contribution in [0.15, 0.2) is 40.1 Å².